The summed E-state index contributed by atoms with van der Waals surface area (Å²) in [6.07, 6.45) is 6.35. The van der Waals surface area contributed by atoms with Gasteiger partial charge in [0.1, 0.15) is 12.2 Å². The average molecular weight is 477 g/mol. The number of aliphatic hydroxyl groups excluding tert-OH is 1. The molecule has 2 aromatic rings. The molecule has 5 heteroatoms. The molecule has 0 aromatic heterocycles. The maximum absolute atomic E-state index is 13.0. The molecule has 1 N–H and O–H groups in total. The highest BCUT2D eigenvalue weighted by Crippen LogP contribution is 2.44. The quantitative estimate of drug-likeness (QED) is 0.357. The summed E-state index contributed by atoms with van der Waals surface area (Å²) in [7, 11) is 0. The number of benzene rings is 2. The molecule has 0 bridgehead atoms. The Hall–Kier alpha value is -2.92. The van der Waals surface area contributed by atoms with Crippen LogP contribution in [0.1, 0.15) is 63.2 Å². The van der Waals surface area contributed by atoms with Crippen molar-refractivity contribution in [3.8, 4) is 11.1 Å². The molecule has 186 valence electrons. The molecule has 0 spiro atoms. The standard InChI is InChI=1S/C30H36O5/c1-4-5-17-30(2,3)27(31)16-15-23-24-18-28(32)34-26(24)19-25(23)35-29(33)22-13-11-21(12-14-22)20-9-7-6-8-10-20/h6-16,23-27,31H,4-5,17-19H2,1-3H3/b16-15+/t23-,24-,25-,26+,27?/m1/s1. The predicted molar refractivity (Wildman–Crippen MR) is 136 cm³/mol. The van der Waals surface area contributed by atoms with Gasteiger partial charge in [-0.15, -0.1) is 0 Å². The van der Waals surface area contributed by atoms with Gasteiger partial charge in [0, 0.05) is 18.3 Å². The van der Waals surface area contributed by atoms with E-state index in [1.165, 1.54) is 0 Å². The summed E-state index contributed by atoms with van der Waals surface area (Å²) in [5.41, 5.74) is 2.36. The highest BCUT2D eigenvalue weighted by atomic mass is 16.6. The molecule has 2 aliphatic rings. The lowest BCUT2D eigenvalue weighted by Gasteiger charge is -2.29. The molecular weight excluding hydrogens is 440 g/mol. The molecular formula is C30H36O5. The molecule has 5 atom stereocenters. The van der Waals surface area contributed by atoms with Gasteiger partial charge in [-0.05, 0) is 35.1 Å². The Morgan fingerprint density at radius 1 is 1.14 bits per heavy atom. The zero-order valence-electron chi connectivity index (χ0n) is 20.9. The van der Waals surface area contributed by atoms with Gasteiger partial charge in [-0.2, -0.15) is 0 Å². The fourth-order valence-corrected chi connectivity index (χ4v) is 5.20. The highest BCUT2D eigenvalue weighted by molar-refractivity contribution is 5.90. The number of ether oxygens (including phenoxy) is 2. The first-order valence-corrected chi connectivity index (χ1v) is 12.7. The van der Waals surface area contributed by atoms with Gasteiger partial charge in [-0.3, -0.25) is 4.79 Å². The second-order valence-electron chi connectivity index (χ2n) is 10.5. The number of aliphatic hydroxyl groups is 1. The van der Waals surface area contributed by atoms with Crippen LogP contribution < -0.4 is 0 Å². The Morgan fingerprint density at radius 3 is 2.51 bits per heavy atom. The summed E-state index contributed by atoms with van der Waals surface area (Å²) in [6, 6.07) is 17.4. The molecule has 0 amide bonds. The summed E-state index contributed by atoms with van der Waals surface area (Å²) >= 11 is 0. The molecule has 35 heavy (non-hydrogen) atoms. The van der Waals surface area contributed by atoms with Crippen LogP contribution in [0, 0.1) is 17.3 Å². The largest absolute Gasteiger partial charge is 0.462 e. The molecule has 1 saturated carbocycles. The lowest BCUT2D eigenvalue weighted by atomic mass is 9.80. The summed E-state index contributed by atoms with van der Waals surface area (Å²) in [4.78, 5) is 24.9. The molecule has 1 unspecified atom stereocenters. The van der Waals surface area contributed by atoms with Gasteiger partial charge < -0.3 is 14.6 Å². The second-order valence-corrected chi connectivity index (χ2v) is 10.5. The van der Waals surface area contributed by atoms with Crippen molar-refractivity contribution in [1.82, 2.24) is 0 Å². The Kier molecular flexibility index (Phi) is 7.75. The molecule has 2 fully saturated rings. The minimum absolute atomic E-state index is 0.0389. The van der Waals surface area contributed by atoms with Crippen molar-refractivity contribution >= 4 is 11.9 Å². The maximum atomic E-state index is 13.0. The van der Waals surface area contributed by atoms with Crippen LogP contribution in [0.4, 0.5) is 0 Å². The van der Waals surface area contributed by atoms with E-state index < -0.39 is 12.2 Å². The number of esters is 2. The van der Waals surface area contributed by atoms with Gasteiger partial charge in [0.15, 0.2) is 0 Å². The van der Waals surface area contributed by atoms with Crippen LogP contribution in [-0.2, 0) is 14.3 Å². The molecule has 0 radical (unpaired) electrons. The molecule has 5 nitrogen and oxygen atoms in total. The van der Waals surface area contributed by atoms with Crippen molar-refractivity contribution in [3.05, 3.63) is 72.3 Å². The number of carbonyl (C=O) groups is 2. The van der Waals surface area contributed by atoms with Gasteiger partial charge in [0.2, 0.25) is 0 Å². The van der Waals surface area contributed by atoms with Crippen LogP contribution in [0.5, 0.6) is 0 Å². The second kappa shape index (κ2) is 10.8. The lowest BCUT2D eigenvalue weighted by molar-refractivity contribution is -0.141. The van der Waals surface area contributed by atoms with E-state index in [0.717, 1.165) is 30.4 Å². The van der Waals surface area contributed by atoms with Gasteiger partial charge in [-0.1, -0.05) is 88.2 Å². The molecule has 1 aliphatic heterocycles. The van der Waals surface area contributed by atoms with E-state index in [0.29, 0.717) is 18.4 Å². The Bertz CT molecular complexity index is 1040. The first-order chi connectivity index (χ1) is 16.8. The summed E-state index contributed by atoms with van der Waals surface area (Å²) < 4.78 is 11.4. The van der Waals surface area contributed by atoms with E-state index in [9.17, 15) is 14.7 Å². The minimum atomic E-state index is -0.618. The van der Waals surface area contributed by atoms with E-state index in [1.807, 2.05) is 54.6 Å². The van der Waals surface area contributed by atoms with Crippen molar-refractivity contribution in [2.75, 3.05) is 0 Å². The third-order valence-corrected chi connectivity index (χ3v) is 7.53. The van der Waals surface area contributed by atoms with Crippen molar-refractivity contribution < 1.29 is 24.2 Å². The highest BCUT2D eigenvalue weighted by Gasteiger charge is 2.50. The lowest BCUT2D eigenvalue weighted by Crippen LogP contribution is -2.29. The Morgan fingerprint density at radius 2 is 1.83 bits per heavy atom. The van der Waals surface area contributed by atoms with E-state index in [2.05, 4.69) is 20.8 Å². The van der Waals surface area contributed by atoms with Gasteiger partial charge in [0.25, 0.3) is 0 Å². The monoisotopic (exact) mass is 476 g/mol. The van der Waals surface area contributed by atoms with E-state index in [1.54, 1.807) is 12.1 Å². The number of rotatable bonds is 9. The molecule has 1 aliphatic carbocycles. The summed E-state index contributed by atoms with van der Waals surface area (Å²) in [5, 5.41) is 10.8. The van der Waals surface area contributed by atoms with Crippen LogP contribution in [-0.4, -0.2) is 35.4 Å². The number of fused-ring (bicyclic) bond motifs is 1. The number of hydrogen-bond acceptors (Lipinski definition) is 5. The van der Waals surface area contributed by atoms with E-state index in [-0.39, 0.29) is 35.3 Å². The van der Waals surface area contributed by atoms with Crippen molar-refractivity contribution in [3.63, 3.8) is 0 Å². The zero-order chi connectivity index (χ0) is 25.0. The van der Waals surface area contributed by atoms with Crippen LogP contribution in [0.3, 0.4) is 0 Å². The number of hydrogen-bond donors (Lipinski definition) is 1. The molecule has 1 saturated heterocycles. The Balaban J connectivity index is 1.46. The minimum Gasteiger partial charge on any atom is -0.462 e. The van der Waals surface area contributed by atoms with Crippen LogP contribution in [0.25, 0.3) is 11.1 Å². The molecule has 4 rings (SSSR count). The van der Waals surface area contributed by atoms with Gasteiger partial charge in [-0.25, -0.2) is 4.79 Å². The summed E-state index contributed by atoms with van der Waals surface area (Å²) in [6.45, 7) is 6.27. The third kappa shape index (κ3) is 5.84. The van der Waals surface area contributed by atoms with Gasteiger partial charge in [0.05, 0.1) is 18.1 Å². The predicted octanol–water partition coefficient (Wildman–Crippen LogP) is 5.96. The molecule has 1 heterocycles. The van der Waals surface area contributed by atoms with Gasteiger partial charge >= 0.3 is 11.9 Å². The number of carbonyl (C=O) groups excluding carboxylic acids is 2. The maximum Gasteiger partial charge on any atom is 0.338 e. The fraction of sp³-hybridized carbons (Fsp3) is 0.467. The fourth-order valence-electron chi connectivity index (χ4n) is 5.20. The third-order valence-electron chi connectivity index (χ3n) is 7.53. The summed E-state index contributed by atoms with van der Waals surface area (Å²) in [5.74, 6) is -0.801. The Labute approximate surface area is 208 Å². The van der Waals surface area contributed by atoms with Crippen molar-refractivity contribution in [2.45, 2.75) is 71.2 Å². The van der Waals surface area contributed by atoms with E-state index >= 15 is 0 Å². The average Bonchev–Trinajstić information content (AvgIpc) is 3.37. The normalized spacial score (nSPS) is 24.9. The van der Waals surface area contributed by atoms with Crippen LogP contribution in [0.15, 0.2) is 66.7 Å². The van der Waals surface area contributed by atoms with Crippen LogP contribution in [0.2, 0.25) is 0 Å². The number of unbranched alkanes of at least 4 members (excludes halogenated alkanes) is 1. The van der Waals surface area contributed by atoms with E-state index in [4.69, 9.17) is 9.47 Å². The molecule has 2 aromatic carbocycles. The first-order valence-electron chi connectivity index (χ1n) is 12.7. The van der Waals surface area contributed by atoms with Crippen molar-refractivity contribution in [2.24, 2.45) is 17.3 Å². The van der Waals surface area contributed by atoms with Crippen molar-refractivity contribution in [1.29, 1.82) is 0 Å². The SMILES string of the molecule is CCCCC(C)(C)C(O)/C=C/[C@@H]1[C@H]2CC(=O)O[C@H]2C[C@H]1OC(=O)c1ccc(-c2ccccc2)cc1. The smallest absolute Gasteiger partial charge is 0.338 e. The first kappa shape index (κ1) is 25.2. The topological polar surface area (TPSA) is 72.8 Å². The zero-order valence-corrected chi connectivity index (χ0v) is 20.9. The van der Waals surface area contributed by atoms with Crippen LogP contribution >= 0.6 is 0 Å².